The van der Waals surface area contributed by atoms with E-state index in [-0.39, 0.29) is 0 Å². The van der Waals surface area contributed by atoms with Gasteiger partial charge in [-0.3, -0.25) is 0 Å². The van der Waals surface area contributed by atoms with Gasteiger partial charge in [-0.2, -0.15) is 0 Å². The number of nitrogens with one attached hydrogen (secondary N) is 1. The third-order valence-electron chi connectivity index (χ3n) is 5.33. The highest BCUT2D eigenvalue weighted by Gasteiger charge is 2.31. The SMILES string of the molecule is CN1CCc2cc(CNC3CCCCC3(C)C)ccc21. The summed E-state index contributed by atoms with van der Waals surface area (Å²) < 4.78 is 0. The second-order valence-electron chi connectivity index (χ2n) is 7.30. The zero-order valence-electron chi connectivity index (χ0n) is 13.2. The summed E-state index contributed by atoms with van der Waals surface area (Å²) in [5, 5.41) is 3.82. The van der Waals surface area contributed by atoms with Gasteiger partial charge in [0.25, 0.3) is 0 Å². The first-order valence-corrected chi connectivity index (χ1v) is 8.12. The first kappa shape index (κ1) is 13.9. The average Bonchev–Trinajstić information content (AvgIpc) is 2.78. The lowest BCUT2D eigenvalue weighted by molar-refractivity contribution is 0.167. The van der Waals surface area contributed by atoms with Crippen LogP contribution in [0.15, 0.2) is 18.2 Å². The Balaban J connectivity index is 1.64. The minimum atomic E-state index is 0.454. The summed E-state index contributed by atoms with van der Waals surface area (Å²) >= 11 is 0. The first-order valence-electron chi connectivity index (χ1n) is 8.12. The van der Waals surface area contributed by atoms with Crippen LogP contribution in [0.4, 0.5) is 5.69 Å². The van der Waals surface area contributed by atoms with Crippen LogP contribution in [0, 0.1) is 5.41 Å². The van der Waals surface area contributed by atoms with Crippen molar-refractivity contribution in [1.29, 1.82) is 0 Å². The molecule has 1 aromatic carbocycles. The Morgan fingerprint density at radius 2 is 2.15 bits per heavy atom. The van der Waals surface area contributed by atoms with E-state index in [2.05, 4.69) is 49.3 Å². The predicted octanol–water partition coefficient (Wildman–Crippen LogP) is 3.74. The van der Waals surface area contributed by atoms with Crippen molar-refractivity contribution >= 4 is 5.69 Å². The summed E-state index contributed by atoms with van der Waals surface area (Å²) in [7, 11) is 2.19. The van der Waals surface area contributed by atoms with Crippen LogP contribution >= 0.6 is 0 Å². The molecule has 1 fully saturated rings. The highest BCUT2D eigenvalue weighted by molar-refractivity contribution is 5.58. The van der Waals surface area contributed by atoms with Gasteiger partial charge < -0.3 is 10.2 Å². The van der Waals surface area contributed by atoms with E-state index in [0.29, 0.717) is 11.5 Å². The van der Waals surface area contributed by atoms with Crippen LogP contribution in [-0.2, 0) is 13.0 Å². The smallest absolute Gasteiger partial charge is 0.0397 e. The maximum Gasteiger partial charge on any atom is 0.0397 e. The number of benzene rings is 1. The summed E-state index contributed by atoms with van der Waals surface area (Å²) in [5.74, 6) is 0. The first-order chi connectivity index (χ1) is 9.56. The van der Waals surface area contributed by atoms with Gasteiger partial charge in [-0.25, -0.2) is 0 Å². The molecule has 1 N–H and O–H groups in total. The fraction of sp³-hybridized carbons (Fsp3) is 0.667. The molecular weight excluding hydrogens is 244 g/mol. The highest BCUT2D eigenvalue weighted by Crippen LogP contribution is 2.35. The largest absolute Gasteiger partial charge is 0.374 e. The third kappa shape index (κ3) is 2.71. The lowest BCUT2D eigenvalue weighted by Gasteiger charge is -2.39. The molecule has 20 heavy (non-hydrogen) atoms. The van der Waals surface area contributed by atoms with Gasteiger partial charge in [0, 0.05) is 31.9 Å². The Labute approximate surface area is 123 Å². The summed E-state index contributed by atoms with van der Waals surface area (Å²) in [6.07, 6.45) is 6.68. The van der Waals surface area contributed by atoms with Crippen molar-refractivity contribution in [3.8, 4) is 0 Å². The predicted molar refractivity (Wildman–Crippen MR) is 86.3 cm³/mol. The molecule has 1 unspecified atom stereocenters. The van der Waals surface area contributed by atoms with Crippen molar-refractivity contribution in [3.63, 3.8) is 0 Å². The van der Waals surface area contributed by atoms with Gasteiger partial charge in [0.2, 0.25) is 0 Å². The zero-order valence-corrected chi connectivity index (χ0v) is 13.2. The molecule has 1 aliphatic heterocycles. The van der Waals surface area contributed by atoms with Gasteiger partial charge in [0.15, 0.2) is 0 Å². The van der Waals surface area contributed by atoms with E-state index in [0.717, 1.165) is 6.54 Å². The molecule has 2 nitrogen and oxygen atoms in total. The molecule has 1 aliphatic carbocycles. The van der Waals surface area contributed by atoms with E-state index in [1.807, 2.05) is 0 Å². The third-order valence-corrected chi connectivity index (χ3v) is 5.33. The Morgan fingerprint density at radius 3 is 2.95 bits per heavy atom. The summed E-state index contributed by atoms with van der Waals surface area (Å²) in [6, 6.07) is 7.67. The average molecular weight is 272 g/mol. The van der Waals surface area contributed by atoms with Gasteiger partial charge in [-0.1, -0.05) is 38.8 Å². The molecular formula is C18H28N2. The van der Waals surface area contributed by atoms with E-state index in [9.17, 15) is 0 Å². The lowest BCUT2D eigenvalue weighted by atomic mass is 9.73. The normalized spacial score (nSPS) is 24.8. The molecule has 2 aliphatic rings. The Morgan fingerprint density at radius 1 is 1.30 bits per heavy atom. The number of fused-ring (bicyclic) bond motifs is 1. The molecule has 1 heterocycles. The number of anilines is 1. The van der Waals surface area contributed by atoms with Crippen LogP contribution in [0.3, 0.4) is 0 Å². The quantitative estimate of drug-likeness (QED) is 0.902. The number of nitrogens with zero attached hydrogens (tertiary/aromatic N) is 1. The molecule has 3 rings (SSSR count). The van der Waals surface area contributed by atoms with E-state index in [1.165, 1.54) is 55.5 Å². The van der Waals surface area contributed by atoms with Crippen LogP contribution in [-0.4, -0.2) is 19.6 Å². The van der Waals surface area contributed by atoms with Crippen LogP contribution in [0.1, 0.15) is 50.7 Å². The summed E-state index contributed by atoms with van der Waals surface area (Å²) in [6.45, 7) is 7.02. The Kier molecular flexibility index (Phi) is 3.76. The van der Waals surface area contributed by atoms with Crippen LogP contribution < -0.4 is 10.2 Å². The number of likely N-dealkylation sites (N-methyl/N-ethyl adjacent to an activating group) is 1. The molecule has 0 amide bonds. The summed E-state index contributed by atoms with van der Waals surface area (Å²) in [4.78, 5) is 2.36. The van der Waals surface area contributed by atoms with Gasteiger partial charge in [0.1, 0.15) is 0 Å². The standard InChI is InChI=1S/C18H28N2/c1-18(2)10-5-4-6-17(18)19-13-14-7-8-16-15(12-14)9-11-20(16)3/h7-8,12,17,19H,4-6,9-11,13H2,1-3H3. The zero-order chi connectivity index (χ0) is 14.2. The van der Waals surface area contributed by atoms with E-state index < -0.39 is 0 Å². The second-order valence-corrected chi connectivity index (χ2v) is 7.30. The lowest BCUT2D eigenvalue weighted by Crippen LogP contribution is -2.43. The van der Waals surface area contributed by atoms with Crippen molar-refractivity contribution < 1.29 is 0 Å². The highest BCUT2D eigenvalue weighted by atomic mass is 15.1. The molecule has 0 saturated heterocycles. The Bertz CT molecular complexity index is 478. The Hall–Kier alpha value is -1.02. The summed E-state index contributed by atoms with van der Waals surface area (Å²) in [5.41, 5.74) is 4.84. The van der Waals surface area contributed by atoms with Crippen LogP contribution in [0.25, 0.3) is 0 Å². The number of hydrogen-bond donors (Lipinski definition) is 1. The molecule has 110 valence electrons. The number of rotatable bonds is 3. The minimum Gasteiger partial charge on any atom is -0.374 e. The fourth-order valence-electron chi connectivity index (χ4n) is 3.84. The fourth-order valence-corrected chi connectivity index (χ4v) is 3.84. The van der Waals surface area contributed by atoms with Gasteiger partial charge in [0.05, 0.1) is 0 Å². The molecule has 1 atom stereocenters. The molecule has 0 bridgehead atoms. The molecule has 0 aromatic heterocycles. The molecule has 2 heteroatoms. The second kappa shape index (κ2) is 5.40. The maximum atomic E-state index is 3.82. The van der Waals surface area contributed by atoms with E-state index in [1.54, 1.807) is 0 Å². The van der Waals surface area contributed by atoms with Crippen molar-refractivity contribution in [2.45, 2.75) is 58.5 Å². The van der Waals surface area contributed by atoms with E-state index >= 15 is 0 Å². The van der Waals surface area contributed by atoms with Crippen LogP contribution in [0.5, 0.6) is 0 Å². The van der Waals surface area contributed by atoms with Gasteiger partial charge in [-0.05, 0) is 41.9 Å². The van der Waals surface area contributed by atoms with Crippen molar-refractivity contribution in [2.75, 3.05) is 18.5 Å². The number of hydrogen-bond acceptors (Lipinski definition) is 2. The topological polar surface area (TPSA) is 15.3 Å². The van der Waals surface area contributed by atoms with Gasteiger partial charge >= 0.3 is 0 Å². The van der Waals surface area contributed by atoms with Crippen molar-refractivity contribution in [1.82, 2.24) is 5.32 Å². The molecule has 0 spiro atoms. The maximum absolute atomic E-state index is 3.82. The van der Waals surface area contributed by atoms with E-state index in [4.69, 9.17) is 0 Å². The van der Waals surface area contributed by atoms with Crippen molar-refractivity contribution in [2.24, 2.45) is 5.41 Å². The monoisotopic (exact) mass is 272 g/mol. The van der Waals surface area contributed by atoms with Crippen molar-refractivity contribution in [3.05, 3.63) is 29.3 Å². The molecule has 1 saturated carbocycles. The van der Waals surface area contributed by atoms with Crippen LogP contribution in [0.2, 0.25) is 0 Å². The minimum absolute atomic E-state index is 0.454. The molecule has 1 aromatic rings. The molecule has 0 radical (unpaired) electrons. The van der Waals surface area contributed by atoms with Gasteiger partial charge in [-0.15, -0.1) is 0 Å².